The van der Waals surface area contributed by atoms with E-state index in [0.717, 1.165) is 71.1 Å². The molecule has 1 aromatic carbocycles. The van der Waals surface area contributed by atoms with E-state index < -0.39 is 0 Å². The Balaban J connectivity index is 0.000000655. The zero-order valence-electron chi connectivity index (χ0n) is 20.5. The zero-order chi connectivity index (χ0) is 25.5. The highest BCUT2D eigenvalue weighted by Crippen LogP contribution is 2.38. The maximum Gasteiger partial charge on any atom is 0.290 e. The molecule has 196 valence electrons. The molecule has 1 aromatic rings. The predicted molar refractivity (Wildman–Crippen MR) is 130 cm³/mol. The lowest BCUT2D eigenvalue weighted by molar-refractivity contribution is -0.124. The Morgan fingerprint density at radius 2 is 1.80 bits per heavy atom. The minimum Gasteiger partial charge on any atom is -0.493 e. The molecule has 1 aliphatic carbocycles. The zero-order valence-corrected chi connectivity index (χ0v) is 20.5. The van der Waals surface area contributed by atoms with E-state index in [2.05, 4.69) is 46.4 Å². The van der Waals surface area contributed by atoms with Crippen molar-refractivity contribution < 1.29 is 34.1 Å². The molecule has 1 amide bonds. The number of nitrogens with one attached hydrogen (secondary N) is 1. The van der Waals surface area contributed by atoms with Gasteiger partial charge in [-0.1, -0.05) is 18.2 Å². The van der Waals surface area contributed by atoms with E-state index in [0.29, 0.717) is 24.3 Å². The number of benzene rings is 1. The van der Waals surface area contributed by atoms with Gasteiger partial charge in [0, 0.05) is 50.7 Å². The summed E-state index contributed by atoms with van der Waals surface area (Å²) in [5, 5.41) is 16.8. The Morgan fingerprint density at radius 1 is 1.14 bits per heavy atom. The van der Waals surface area contributed by atoms with Crippen LogP contribution in [0.4, 0.5) is 0 Å². The second kappa shape index (κ2) is 16.1. The molecule has 0 aromatic heterocycles. The number of piperidine rings is 1. The Bertz CT molecular complexity index is 767. The lowest BCUT2D eigenvalue weighted by Crippen LogP contribution is -2.38. The maximum atomic E-state index is 11.7. The third kappa shape index (κ3) is 9.83. The van der Waals surface area contributed by atoms with E-state index in [1.165, 1.54) is 12.0 Å². The fraction of sp³-hybridized carbons (Fsp3) is 0.640. The largest absolute Gasteiger partial charge is 0.493 e. The van der Waals surface area contributed by atoms with Gasteiger partial charge in [-0.2, -0.15) is 0 Å². The second-order valence-corrected chi connectivity index (χ2v) is 9.04. The molecule has 2 heterocycles. The molecule has 2 saturated heterocycles. The van der Waals surface area contributed by atoms with Gasteiger partial charge < -0.3 is 25.0 Å². The van der Waals surface area contributed by atoms with Gasteiger partial charge >= 0.3 is 0 Å². The number of hydrogen-bond donors (Lipinski definition) is 3. The number of carboxylic acid groups (broad SMARTS) is 2. The number of para-hydroxylation sites is 1. The Labute approximate surface area is 207 Å². The van der Waals surface area contributed by atoms with E-state index in [1.54, 1.807) is 0 Å². The van der Waals surface area contributed by atoms with Crippen LogP contribution in [0.25, 0.3) is 0 Å². The van der Waals surface area contributed by atoms with Gasteiger partial charge in [0.1, 0.15) is 5.75 Å². The predicted octanol–water partition coefficient (Wildman–Crippen LogP) is 1.54. The number of carbonyl (C=O) groups is 3. The topological polar surface area (TPSA) is 129 Å². The molecule has 0 bridgehead atoms. The van der Waals surface area contributed by atoms with Gasteiger partial charge in [-0.15, -0.1) is 0 Å². The van der Waals surface area contributed by atoms with Gasteiger partial charge in [0.05, 0.1) is 19.8 Å². The van der Waals surface area contributed by atoms with Crippen molar-refractivity contribution in [3.05, 3.63) is 29.8 Å². The summed E-state index contributed by atoms with van der Waals surface area (Å²) in [5.41, 5.74) is 1.26. The summed E-state index contributed by atoms with van der Waals surface area (Å²) in [6.45, 7) is 6.84. The van der Waals surface area contributed by atoms with Crippen LogP contribution in [0.15, 0.2) is 24.3 Å². The average molecular weight is 494 g/mol. The number of rotatable bonds is 8. The smallest absolute Gasteiger partial charge is 0.290 e. The van der Waals surface area contributed by atoms with Crippen molar-refractivity contribution in [3.63, 3.8) is 0 Å². The van der Waals surface area contributed by atoms with Gasteiger partial charge in [0.15, 0.2) is 0 Å². The van der Waals surface area contributed by atoms with Crippen molar-refractivity contribution in [1.82, 2.24) is 15.1 Å². The standard InChI is InChI=1S/C23H35N3O3.2CH2O2/c1-25(21-13-19-15-23(27)24-16-20(19)14-21)17-18-5-2-3-6-22(18)29-10-4-7-26-8-11-28-12-9-26;2*2-1-3/h2-3,5-6,19-21H,4,7-17H2,1H3,(H,24,27);2*1H,(H,2,3)/t19-,20+,21-;;/m0../s1. The number of amides is 1. The maximum absolute atomic E-state index is 11.7. The van der Waals surface area contributed by atoms with E-state index in [9.17, 15) is 4.79 Å². The molecule has 0 unspecified atom stereocenters. The lowest BCUT2D eigenvalue weighted by Gasteiger charge is -2.27. The molecule has 35 heavy (non-hydrogen) atoms. The molecule has 0 radical (unpaired) electrons. The first-order chi connectivity index (χ1) is 17.0. The summed E-state index contributed by atoms with van der Waals surface area (Å²) in [6.07, 6.45) is 4.07. The summed E-state index contributed by atoms with van der Waals surface area (Å²) < 4.78 is 11.6. The molecular formula is C25H39N3O7. The first kappa shape index (κ1) is 28.5. The number of carbonyl (C=O) groups excluding carboxylic acids is 1. The molecule has 2 aliphatic heterocycles. The van der Waals surface area contributed by atoms with Crippen molar-refractivity contribution in [2.24, 2.45) is 11.8 Å². The van der Waals surface area contributed by atoms with Gasteiger partial charge in [-0.05, 0) is 44.2 Å². The van der Waals surface area contributed by atoms with Crippen molar-refractivity contribution >= 4 is 18.9 Å². The fourth-order valence-electron chi connectivity index (χ4n) is 5.06. The first-order valence-electron chi connectivity index (χ1n) is 12.2. The molecule has 1 saturated carbocycles. The summed E-state index contributed by atoms with van der Waals surface area (Å²) in [6, 6.07) is 8.98. The van der Waals surface area contributed by atoms with Crippen LogP contribution < -0.4 is 10.1 Å². The minimum atomic E-state index is -0.250. The Kier molecular flexibility index (Phi) is 13.1. The van der Waals surface area contributed by atoms with E-state index in [1.807, 2.05) is 0 Å². The van der Waals surface area contributed by atoms with Crippen LogP contribution in [0, 0.1) is 11.8 Å². The van der Waals surface area contributed by atoms with Crippen molar-refractivity contribution in [2.45, 2.75) is 38.3 Å². The molecule has 0 spiro atoms. The highest BCUT2D eigenvalue weighted by Gasteiger charge is 2.39. The van der Waals surface area contributed by atoms with Crippen LogP contribution >= 0.6 is 0 Å². The number of hydrogen-bond acceptors (Lipinski definition) is 7. The summed E-state index contributed by atoms with van der Waals surface area (Å²) >= 11 is 0. The van der Waals surface area contributed by atoms with E-state index in [4.69, 9.17) is 29.3 Å². The normalized spacial score (nSPS) is 23.6. The van der Waals surface area contributed by atoms with Crippen molar-refractivity contribution in [2.75, 3.05) is 53.0 Å². The van der Waals surface area contributed by atoms with Gasteiger partial charge in [0.25, 0.3) is 12.9 Å². The van der Waals surface area contributed by atoms with E-state index in [-0.39, 0.29) is 18.9 Å². The van der Waals surface area contributed by atoms with Gasteiger partial charge in [-0.25, -0.2) is 0 Å². The van der Waals surface area contributed by atoms with Crippen LogP contribution in [0.1, 0.15) is 31.2 Å². The number of morpholine rings is 1. The molecule has 4 rings (SSSR count). The Hall–Kier alpha value is -2.69. The van der Waals surface area contributed by atoms with Crippen LogP contribution in [0.5, 0.6) is 5.75 Å². The van der Waals surface area contributed by atoms with E-state index >= 15 is 0 Å². The third-order valence-corrected chi connectivity index (χ3v) is 6.82. The fourth-order valence-corrected chi connectivity index (χ4v) is 5.06. The van der Waals surface area contributed by atoms with Crippen LogP contribution in [0.2, 0.25) is 0 Å². The molecule has 10 nitrogen and oxygen atoms in total. The highest BCUT2D eigenvalue weighted by atomic mass is 16.5. The molecule has 3 N–H and O–H groups in total. The second-order valence-electron chi connectivity index (χ2n) is 9.04. The van der Waals surface area contributed by atoms with Crippen molar-refractivity contribution in [1.29, 1.82) is 0 Å². The lowest BCUT2D eigenvalue weighted by atomic mass is 9.89. The summed E-state index contributed by atoms with van der Waals surface area (Å²) in [7, 11) is 2.21. The number of ether oxygens (including phenoxy) is 2. The van der Waals surface area contributed by atoms with Crippen molar-refractivity contribution in [3.8, 4) is 5.75 Å². The Morgan fingerprint density at radius 3 is 2.51 bits per heavy atom. The average Bonchev–Trinajstić information content (AvgIpc) is 3.28. The quantitative estimate of drug-likeness (QED) is 0.365. The minimum absolute atomic E-state index is 0.227. The molecule has 3 atom stereocenters. The molecule has 10 heteroatoms. The number of fused-ring (bicyclic) bond motifs is 1. The summed E-state index contributed by atoms with van der Waals surface area (Å²) in [5.74, 6) is 2.44. The van der Waals surface area contributed by atoms with Crippen LogP contribution in [-0.2, 0) is 25.7 Å². The first-order valence-corrected chi connectivity index (χ1v) is 12.2. The number of nitrogens with zero attached hydrogens (tertiary/aromatic N) is 2. The molecule has 3 fully saturated rings. The summed E-state index contributed by atoms with van der Waals surface area (Å²) in [4.78, 5) is 33.3. The highest BCUT2D eigenvalue weighted by molar-refractivity contribution is 5.77. The van der Waals surface area contributed by atoms with Crippen LogP contribution in [0.3, 0.4) is 0 Å². The molecule has 3 aliphatic rings. The molecular weight excluding hydrogens is 454 g/mol. The third-order valence-electron chi connectivity index (χ3n) is 6.82. The SMILES string of the molecule is CN(Cc1ccccc1OCCCN1CCOCC1)[C@H]1C[C@H]2CC(=O)NC[C@H]2C1.O=CO.O=CO. The van der Waals surface area contributed by atoms with Gasteiger partial charge in [0.2, 0.25) is 5.91 Å². The monoisotopic (exact) mass is 493 g/mol. The van der Waals surface area contributed by atoms with Crippen LogP contribution in [-0.4, -0.2) is 98.0 Å². The van der Waals surface area contributed by atoms with Gasteiger partial charge in [-0.3, -0.25) is 24.2 Å².